The van der Waals surface area contributed by atoms with E-state index in [9.17, 15) is 4.79 Å². The number of hydrogen-bond donors (Lipinski definition) is 1. The smallest absolute Gasteiger partial charge is 0.277 e. The van der Waals surface area contributed by atoms with Crippen molar-refractivity contribution in [2.24, 2.45) is 0 Å². The van der Waals surface area contributed by atoms with Crippen molar-refractivity contribution >= 4 is 22.2 Å². The summed E-state index contributed by atoms with van der Waals surface area (Å²) in [6.07, 6.45) is 1.76. The minimum absolute atomic E-state index is 0.0408. The fraction of sp³-hybridized carbons (Fsp3) is 0.458. The van der Waals surface area contributed by atoms with E-state index in [-0.39, 0.29) is 17.7 Å². The first-order chi connectivity index (χ1) is 16.0. The fourth-order valence-electron chi connectivity index (χ4n) is 4.35. The lowest BCUT2D eigenvalue weighted by Crippen LogP contribution is -2.38. The average Bonchev–Trinajstić information content (AvgIpc) is 3.47. The van der Waals surface area contributed by atoms with Crippen LogP contribution in [-0.4, -0.2) is 53.5 Å². The molecule has 2 aromatic heterocycles. The summed E-state index contributed by atoms with van der Waals surface area (Å²) in [5.41, 5.74) is 3.07. The van der Waals surface area contributed by atoms with Crippen molar-refractivity contribution in [1.29, 1.82) is 0 Å². The minimum Gasteiger partial charge on any atom is -0.497 e. The molecule has 9 heteroatoms. The van der Waals surface area contributed by atoms with Gasteiger partial charge in [0.1, 0.15) is 17.3 Å². The summed E-state index contributed by atoms with van der Waals surface area (Å²) in [4.78, 5) is 25.1. The second kappa shape index (κ2) is 9.93. The van der Waals surface area contributed by atoms with Crippen LogP contribution in [0.15, 0.2) is 34.6 Å². The molecule has 0 amide bonds. The third-order valence-electron chi connectivity index (χ3n) is 6.01. The molecule has 0 aliphatic carbocycles. The SMILES string of the molecule is CCO[C@H]1CN(c2nccs2)C[C@H]1Nc1c(C)nc(-c2ccc(OC)cc2C)n(CC)c1=O. The van der Waals surface area contributed by atoms with Crippen molar-refractivity contribution < 1.29 is 9.47 Å². The Morgan fingerprint density at radius 3 is 2.70 bits per heavy atom. The van der Waals surface area contributed by atoms with Crippen LogP contribution in [0.3, 0.4) is 0 Å². The number of methoxy groups -OCH3 is 1. The predicted molar refractivity (Wildman–Crippen MR) is 133 cm³/mol. The van der Waals surface area contributed by atoms with E-state index in [2.05, 4.69) is 15.2 Å². The van der Waals surface area contributed by atoms with Gasteiger partial charge in [0.15, 0.2) is 5.13 Å². The maximum atomic E-state index is 13.6. The first-order valence-corrected chi connectivity index (χ1v) is 12.1. The van der Waals surface area contributed by atoms with Gasteiger partial charge in [0.25, 0.3) is 5.56 Å². The maximum absolute atomic E-state index is 13.6. The molecule has 3 heterocycles. The highest BCUT2D eigenvalue weighted by molar-refractivity contribution is 7.13. The van der Waals surface area contributed by atoms with E-state index in [1.165, 1.54) is 0 Å². The van der Waals surface area contributed by atoms with Crippen LogP contribution in [-0.2, 0) is 11.3 Å². The number of nitrogens with one attached hydrogen (secondary N) is 1. The highest BCUT2D eigenvalue weighted by atomic mass is 32.1. The predicted octanol–water partition coefficient (Wildman–Crippen LogP) is 3.72. The summed E-state index contributed by atoms with van der Waals surface area (Å²) in [5.74, 6) is 1.45. The molecular weight excluding hydrogens is 438 g/mol. The van der Waals surface area contributed by atoms with Gasteiger partial charge in [-0.05, 0) is 51.5 Å². The third-order valence-corrected chi connectivity index (χ3v) is 6.84. The summed E-state index contributed by atoms with van der Waals surface area (Å²) in [7, 11) is 1.65. The molecule has 0 spiro atoms. The van der Waals surface area contributed by atoms with Gasteiger partial charge in [0, 0.05) is 43.4 Å². The van der Waals surface area contributed by atoms with Gasteiger partial charge in [0.2, 0.25) is 0 Å². The van der Waals surface area contributed by atoms with E-state index >= 15 is 0 Å². The highest BCUT2D eigenvalue weighted by Gasteiger charge is 2.35. The molecule has 1 saturated heterocycles. The van der Waals surface area contributed by atoms with Crippen molar-refractivity contribution in [3.63, 3.8) is 0 Å². The number of thiazole rings is 1. The Labute approximate surface area is 198 Å². The van der Waals surface area contributed by atoms with Gasteiger partial charge in [0.05, 0.1) is 24.9 Å². The maximum Gasteiger partial charge on any atom is 0.277 e. The van der Waals surface area contributed by atoms with Crippen molar-refractivity contribution in [1.82, 2.24) is 14.5 Å². The molecule has 0 bridgehead atoms. The first kappa shape index (κ1) is 23.3. The van der Waals surface area contributed by atoms with Gasteiger partial charge >= 0.3 is 0 Å². The normalized spacial score (nSPS) is 18.0. The van der Waals surface area contributed by atoms with E-state index in [4.69, 9.17) is 14.5 Å². The third kappa shape index (κ3) is 4.60. The number of benzene rings is 1. The van der Waals surface area contributed by atoms with E-state index < -0.39 is 0 Å². The molecule has 1 fully saturated rings. The Kier molecular flexibility index (Phi) is 6.99. The number of nitrogens with zero attached hydrogens (tertiary/aromatic N) is 4. The summed E-state index contributed by atoms with van der Waals surface area (Å²) in [5, 5.41) is 6.42. The lowest BCUT2D eigenvalue weighted by molar-refractivity contribution is 0.0720. The Balaban J connectivity index is 1.68. The van der Waals surface area contributed by atoms with E-state index in [1.54, 1.807) is 23.0 Å². The molecule has 1 aliphatic heterocycles. The zero-order valence-electron chi connectivity index (χ0n) is 19.8. The number of ether oxygens (including phenoxy) is 2. The van der Waals surface area contributed by atoms with Crippen LogP contribution in [0.5, 0.6) is 5.75 Å². The van der Waals surface area contributed by atoms with Crippen LogP contribution >= 0.6 is 11.3 Å². The number of rotatable bonds is 8. The molecule has 4 rings (SSSR count). The van der Waals surface area contributed by atoms with E-state index in [1.807, 2.05) is 57.5 Å². The Bertz CT molecular complexity index is 1160. The first-order valence-electron chi connectivity index (χ1n) is 11.3. The van der Waals surface area contributed by atoms with Gasteiger partial charge in [-0.1, -0.05) is 0 Å². The molecule has 176 valence electrons. The molecule has 0 unspecified atom stereocenters. The topological polar surface area (TPSA) is 81.5 Å². The Hall–Kier alpha value is -2.91. The number of aromatic nitrogens is 3. The molecule has 2 atom stereocenters. The van der Waals surface area contributed by atoms with Gasteiger partial charge in [-0.25, -0.2) is 9.97 Å². The molecule has 1 aliphatic rings. The fourth-order valence-corrected chi connectivity index (χ4v) is 5.01. The molecule has 1 aromatic carbocycles. The number of anilines is 2. The van der Waals surface area contributed by atoms with Crippen LogP contribution in [0.2, 0.25) is 0 Å². The highest BCUT2D eigenvalue weighted by Crippen LogP contribution is 2.28. The van der Waals surface area contributed by atoms with E-state index in [0.29, 0.717) is 36.9 Å². The van der Waals surface area contributed by atoms with Crippen molar-refractivity contribution in [2.75, 3.05) is 37.0 Å². The Morgan fingerprint density at radius 1 is 1.24 bits per heavy atom. The van der Waals surface area contributed by atoms with Crippen LogP contribution in [0.25, 0.3) is 11.4 Å². The van der Waals surface area contributed by atoms with E-state index in [0.717, 1.165) is 28.6 Å². The van der Waals surface area contributed by atoms with Crippen molar-refractivity contribution in [3.05, 3.63) is 51.4 Å². The average molecular weight is 470 g/mol. The number of hydrogen-bond acceptors (Lipinski definition) is 8. The van der Waals surface area contributed by atoms with Crippen LogP contribution in [0, 0.1) is 13.8 Å². The molecule has 8 nitrogen and oxygen atoms in total. The minimum atomic E-state index is -0.0711. The molecule has 3 aromatic rings. The van der Waals surface area contributed by atoms with Gasteiger partial charge in [-0.3, -0.25) is 9.36 Å². The van der Waals surface area contributed by atoms with Crippen LogP contribution in [0.4, 0.5) is 10.8 Å². The lowest BCUT2D eigenvalue weighted by atomic mass is 10.1. The second-order valence-corrected chi connectivity index (χ2v) is 8.96. The zero-order valence-corrected chi connectivity index (χ0v) is 20.6. The lowest BCUT2D eigenvalue weighted by Gasteiger charge is -2.22. The Morgan fingerprint density at radius 2 is 2.06 bits per heavy atom. The second-order valence-electron chi connectivity index (χ2n) is 8.09. The standard InChI is InChI=1S/C24H31N5O3S/c1-6-29-22(18-9-8-17(31-5)12-15(18)3)26-16(4)21(23(29)30)27-19-13-28(14-20(19)32-7-2)24-25-10-11-33-24/h8-12,19-20,27H,6-7,13-14H2,1-5H3/t19-,20+/m1/s1. The summed E-state index contributed by atoms with van der Waals surface area (Å²) < 4.78 is 13.1. The van der Waals surface area contributed by atoms with Gasteiger partial charge in [-0.2, -0.15) is 0 Å². The van der Waals surface area contributed by atoms with Crippen LogP contribution in [0.1, 0.15) is 25.1 Å². The largest absolute Gasteiger partial charge is 0.497 e. The number of aryl methyl sites for hydroxylation is 2. The monoisotopic (exact) mass is 469 g/mol. The molecular formula is C24H31N5O3S. The quantitative estimate of drug-likeness (QED) is 0.538. The molecule has 0 saturated carbocycles. The van der Waals surface area contributed by atoms with Crippen molar-refractivity contribution in [2.45, 2.75) is 46.4 Å². The summed E-state index contributed by atoms with van der Waals surface area (Å²) in [6, 6.07) is 5.78. The molecule has 0 radical (unpaired) electrons. The zero-order chi connectivity index (χ0) is 23.5. The molecule has 33 heavy (non-hydrogen) atoms. The molecule has 1 N–H and O–H groups in total. The van der Waals surface area contributed by atoms with Crippen LogP contribution < -0.4 is 20.5 Å². The van der Waals surface area contributed by atoms with Gasteiger partial charge < -0.3 is 19.7 Å². The summed E-state index contributed by atoms with van der Waals surface area (Å²) in [6.45, 7) is 10.4. The summed E-state index contributed by atoms with van der Waals surface area (Å²) >= 11 is 1.61. The van der Waals surface area contributed by atoms with Crippen molar-refractivity contribution in [3.8, 4) is 17.1 Å². The van der Waals surface area contributed by atoms with Gasteiger partial charge in [-0.15, -0.1) is 11.3 Å².